The second kappa shape index (κ2) is 5.01. The number of anilines is 1. The van der Waals surface area contributed by atoms with Crippen molar-refractivity contribution in [1.82, 2.24) is 10.6 Å². The fourth-order valence-electron chi connectivity index (χ4n) is 2.68. The lowest BCUT2D eigenvalue weighted by molar-refractivity contribution is -0.122. The number of nitrogens with one attached hydrogen (secondary N) is 3. The standard InChI is InChI=1S/C14H17N3O2/c18-13-5-4-12(16-13)14(19)17-11-3-1-2-9-8-15-7-6-10(9)11/h1-3,12,15H,4-8H2,(H,16,18)(H,17,19)/t12-/m0/s1. The van der Waals surface area contributed by atoms with Gasteiger partial charge in [-0.25, -0.2) is 0 Å². The third-order valence-corrected chi connectivity index (χ3v) is 3.71. The number of carbonyl (C=O) groups is 2. The Balaban J connectivity index is 1.76. The molecule has 2 aliphatic rings. The highest BCUT2D eigenvalue weighted by Crippen LogP contribution is 2.23. The van der Waals surface area contributed by atoms with Crippen molar-refractivity contribution in [2.24, 2.45) is 0 Å². The van der Waals surface area contributed by atoms with Crippen LogP contribution in [0, 0.1) is 0 Å². The van der Waals surface area contributed by atoms with Crippen molar-refractivity contribution in [2.45, 2.75) is 31.8 Å². The number of amides is 2. The van der Waals surface area contributed by atoms with Crippen LogP contribution in [0.5, 0.6) is 0 Å². The van der Waals surface area contributed by atoms with E-state index in [1.54, 1.807) is 0 Å². The van der Waals surface area contributed by atoms with Gasteiger partial charge in [-0.15, -0.1) is 0 Å². The monoisotopic (exact) mass is 259 g/mol. The Morgan fingerprint density at radius 3 is 3.00 bits per heavy atom. The molecule has 0 spiro atoms. The van der Waals surface area contributed by atoms with Gasteiger partial charge in [-0.2, -0.15) is 0 Å². The predicted molar refractivity (Wildman–Crippen MR) is 71.6 cm³/mol. The van der Waals surface area contributed by atoms with Crippen LogP contribution in [-0.2, 0) is 22.6 Å². The molecule has 0 aliphatic carbocycles. The zero-order valence-corrected chi connectivity index (χ0v) is 10.7. The van der Waals surface area contributed by atoms with E-state index in [1.165, 1.54) is 11.1 Å². The van der Waals surface area contributed by atoms with E-state index in [0.717, 1.165) is 25.2 Å². The van der Waals surface area contributed by atoms with Gasteiger partial charge in [-0.1, -0.05) is 12.1 Å². The van der Waals surface area contributed by atoms with E-state index in [4.69, 9.17) is 0 Å². The zero-order chi connectivity index (χ0) is 13.2. The third-order valence-electron chi connectivity index (χ3n) is 3.71. The van der Waals surface area contributed by atoms with E-state index in [-0.39, 0.29) is 17.9 Å². The predicted octanol–water partition coefficient (Wildman–Crippen LogP) is 0.549. The van der Waals surface area contributed by atoms with E-state index in [2.05, 4.69) is 22.0 Å². The van der Waals surface area contributed by atoms with Crippen molar-refractivity contribution in [1.29, 1.82) is 0 Å². The molecule has 2 aliphatic heterocycles. The van der Waals surface area contributed by atoms with Crippen LogP contribution in [0.1, 0.15) is 24.0 Å². The molecule has 1 saturated heterocycles. The van der Waals surface area contributed by atoms with Crippen molar-refractivity contribution in [3.8, 4) is 0 Å². The molecular formula is C14H17N3O2. The molecule has 1 aromatic rings. The first kappa shape index (κ1) is 12.2. The average Bonchev–Trinajstić information content (AvgIpc) is 2.86. The van der Waals surface area contributed by atoms with Crippen LogP contribution in [-0.4, -0.2) is 24.4 Å². The normalized spacial score (nSPS) is 21.7. The van der Waals surface area contributed by atoms with Gasteiger partial charge in [-0.3, -0.25) is 9.59 Å². The fourth-order valence-corrected chi connectivity index (χ4v) is 2.68. The minimum absolute atomic E-state index is 0.0422. The van der Waals surface area contributed by atoms with Crippen molar-refractivity contribution < 1.29 is 9.59 Å². The molecule has 0 radical (unpaired) electrons. The van der Waals surface area contributed by atoms with Crippen LogP contribution in [0.2, 0.25) is 0 Å². The van der Waals surface area contributed by atoms with Crippen molar-refractivity contribution in [3.05, 3.63) is 29.3 Å². The lowest BCUT2D eigenvalue weighted by Crippen LogP contribution is -2.37. The SMILES string of the molecule is O=C1CC[C@@H](C(=O)Nc2cccc3c2CCNC3)N1. The molecule has 0 unspecified atom stereocenters. The lowest BCUT2D eigenvalue weighted by atomic mass is 9.99. The molecule has 3 N–H and O–H groups in total. The summed E-state index contributed by atoms with van der Waals surface area (Å²) in [5.74, 6) is -0.155. The number of fused-ring (bicyclic) bond motifs is 1. The van der Waals surface area contributed by atoms with Crippen molar-refractivity contribution in [3.63, 3.8) is 0 Å². The first-order chi connectivity index (χ1) is 9.24. The smallest absolute Gasteiger partial charge is 0.246 e. The van der Waals surface area contributed by atoms with Gasteiger partial charge in [0.2, 0.25) is 11.8 Å². The topological polar surface area (TPSA) is 70.2 Å². The summed E-state index contributed by atoms with van der Waals surface area (Å²) >= 11 is 0. The number of hydrogen-bond acceptors (Lipinski definition) is 3. The average molecular weight is 259 g/mol. The Hall–Kier alpha value is -1.88. The summed E-state index contributed by atoms with van der Waals surface area (Å²) in [5, 5.41) is 8.95. The summed E-state index contributed by atoms with van der Waals surface area (Å²) in [4.78, 5) is 23.2. The molecule has 1 aromatic carbocycles. The highest BCUT2D eigenvalue weighted by molar-refractivity contribution is 5.99. The Kier molecular flexibility index (Phi) is 3.21. The van der Waals surface area contributed by atoms with Gasteiger partial charge in [-0.05, 0) is 36.6 Å². The fraction of sp³-hybridized carbons (Fsp3) is 0.429. The Bertz CT molecular complexity index is 527. The zero-order valence-electron chi connectivity index (χ0n) is 10.7. The Labute approximate surface area is 111 Å². The van der Waals surface area contributed by atoms with Gasteiger partial charge in [0.25, 0.3) is 0 Å². The summed E-state index contributed by atoms with van der Waals surface area (Å²) in [6.45, 7) is 1.78. The van der Waals surface area contributed by atoms with Crippen LogP contribution >= 0.6 is 0 Å². The summed E-state index contributed by atoms with van der Waals surface area (Å²) in [6, 6.07) is 5.58. The van der Waals surface area contributed by atoms with Crippen molar-refractivity contribution >= 4 is 17.5 Å². The molecule has 0 saturated carbocycles. The first-order valence-corrected chi connectivity index (χ1v) is 6.66. The first-order valence-electron chi connectivity index (χ1n) is 6.66. The molecule has 100 valence electrons. The maximum Gasteiger partial charge on any atom is 0.246 e. The van der Waals surface area contributed by atoms with Crippen LogP contribution in [0.3, 0.4) is 0 Å². The summed E-state index contributed by atoms with van der Waals surface area (Å²) in [5.41, 5.74) is 3.32. The van der Waals surface area contributed by atoms with Crippen LogP contribution in [0.15, 0.2) is 18.2 Å². The molecule has 5 heteroatoms. The lowest BCUT2D eigenvalue weighted by Gasteiger charge is -2.21. The molecular weight excluding hydrogens is 242 g/mol. The third kappa shape index (κ3) is 2.46. The summed E-state index contributed by atoms with van der Waals surface area (Å²) in [6.07, 6.45) is 1.94. The number of hydrogen-bond donors (Lipinski definition) is 3. The van der Waals surface area contributed by atoms with E-state index in [0.29, 0.717) is 12.8 Å². The van der Waals surface area contributed by atoms with Crippen LogP contribution in [0.25, 0.3) is 0 Å². The molecule has 0 aromatic heterocycles. The molecule has 2 heterocycles. The quantitative estimate of drug-likeness (QED) is 0.726. The van der Waals surface area contributed by atoms with Crippen LogP contribution < -0.4 is 16.0 Å². The van der Waals surface area contributed by atoms with E-state index >= 15 is 0 Å². The maximum atomic E-state index is 12.1. The van der Waals surface area contributed by atoms with Gasteiger partial charge >= 0.3 is 0 Å². The minimum Gasteiger partial charge on any atom is -0.344 e. The molecule has 19 heavy (non-hydrogen) atoms. The van der Waals surface area contributed by atoms with Gasteiger partial charge in [0, 0.05) is 18.7 Å². The van der Waals surface area contributed by atoms with Gasteiger partial charge in [0.15, 0.2) is 0 Å². The molecule has 5 nitrogen and oxygen atoms in total. The largest absolute Gasteiger partial charge is 0.344 e. The molecule has 1 atom stereocenters. The molecule has 3 rings (SSSR count). The second-order valence-corrected chi connectivity index (χ2v) is 5.02. The Morgan fingerprint density at radius 1 is 1.32 bits per heavy atom. The minimum atomic E-state index is -0.384. The second-order valence-electron chi connectivity index (χ2n) is 5.02. The number of benzene rings is 1. The molecule has 2 amide bonds. The number of carbonyl (C=O) groups excluding carboxylic acids is 2. The molecule has 0 bridgehead atoms. The highest BCUT2D eigenvalue weighted by Gasteiger charge is 2.27. The summed E-state index contributed by atoms with van der Waals surface area (Å²) < 4.78 is 0. The molecule has 1 fully saturated rings. The van der Waals surface area contributed by atoms with Crippen LogP contribution in [0.4, 0.5) is 5.69 Å². The van der Waals surface area contributed by atoms with E-state index in [9.17, 15) is 9.59 Å². The van der Waals surface area contributed by atoms with E-state index < -0.39 is 0 Å². The summed E-state index contributed by atoms with van der Waals surface area (Å²) in [7, 11) is 0. The maximum absolute atomic E-state index is 12.1. The highest BCUT2D eigenvalue weighted by atomic mass is 16.2. The van der Waals surface area contributed by atoms with Gasteiger partial charge in [0.05, 0.1) is 0 Å². The van der Waals surface area contributed by atoms with Crippen molar-refractivity contribution in [2.75, 3.05) is 11.9 Å². The number of rotatable bonds is 2. The Morgan fingerprint density at radius 2 is 2.21 bits per heavy atom. The van der Waals surface area contributed by atoms with Gasteiger partial charge < -0.3 is 16.0 Å². The van der Waals surface area contributed by atoms with E-state index in [1.807, 2.05) is 12.1 Å². The van der Waals surface area contributed by atoms with Gasteiger partial charge in [0.1, 0.15) is 6.04 Å².